The molecule has 0 saturated heterocycles. The number of benzene rings is 1. The summed E-state index contributed by atoms with van der Waals surface area (Å²) >= 11 is 0. The standard InChI is InChI=1S/C18H22N2O5/c1-3-19-12-8-11(2)4-5-14(12)25-15(9-18(23)24)13(19)10-20-16(21)6-7-17(20)22/h4-8,13,15,21-22H,3,9-10H2,1-2H3,(H,23,24). The highest BCUT2D eigenvalue weighted by Crippen LogP contribution is 2.39. The summed E-state index contributed by atoms with van der Waals surface area (Å²) in [5.41, 5.74) is 1.96. The van der Waals surface area contributed by atoms with Gasteiger partial charge in [0.25, 0.3) is 0 Å². The van der Waals surface area contributed by atoms with Crippen LogP contribution in [0.1, 0.15) is 18.9 Å². The van der Waals surface area contributed by atoms with Crippen LogP contribution in [0.3, 0.4) is 0 Å². The number of anilines is 1. The van der Waals surface area contributed by atoms with Gasteiger partial charge in [-0.2, -0.15) is 0 Å². The maximum Gasteiger partial charge on any atom is 0.307 e. The van der Waals surface area contributed by atoms with E-state index < -0.39 is 12.1 Å². The lowest BCUT2D eigenvalue weighted by Crippen LogP contribution is -2.52. The third-order valence-corrected chi connectivity index (χ3v) is 4.55. The summed E-state index contributed by atoms with van der Waals surface area (Å²) in [4.78, 5) is 13.4. The number of nitrogens with zero attached hydrogens (tertiary/aromatic N) is 2. The molecule has 2 heterocycles. The number of ether oxygens (including phenoxy) is 1. The maximum absolute atomic E-state index is 11.3. The van der Waals surface area contributed by atoms with Gasteiger partial charge in [0.05, 0.1) is 24.7 Å². The number of carboxylic acids is 1. The van der Waals surface area contributed by atoms with E-state index in [-0.39, 0.29) is 30.8 Å². The highest BCUT2D eigenvalue weighted by Gasteiger charge is 2.37. The van der Waals surface area contributed by atoms with Crippen molar-refractivity contribution < 1.29 is 24.9 Å². The molecule has 2 unspecified atom stereocenters. The molecule has 0 spiro atoms. The van der Waals surface area contributed by atoms with E-state index in [1.165, 1.54) is 16.7 Å². The second kappa shape index (κ2) is 6.58. The summed E-state index contributed by atoms with van der Waals surface area (Å²) in [7, 11) is 0. The van der Waals surface area contributed by atoms with E-state index in [1.807, 2.05) is 32.0 Å². The number of hydrogen-bond donors (Lipinski definition) is 3. The highest BCUT2D eigenvalue weighted by atomic mass is 16.5. The zero-order valence-corrected chi connectivity index (χ0v) is 14.2. The fraction of sp³-hybridized carbons (Fsp3) is 0.389. The molecule has 0 radical (unpaired) electrons. The quantitative estimate of drug-likeness (QED) is 0.769. The third kappa shape index (κ3) is 3.22. The minimum absolute atomic E-state index is 0.0716. The molecular formula is C18H22N2O5. The SMILES string of the molecule is CCN1c2cc(C)ccc2OC(CC(=O)O)C1Cn1c(O)ccc1O. The minimum Gasteiger partial charge on any atom is -0.494 e. The molecule has 1 aliphatic rings. The van der Waals surface area contributed by atoms with Gasteiger partial charge in [-0.05, 0) is 31.5 Å². The smallest absolute Gasteiger partial charge is 0.307 e. The van der Waals surface area contributed by atoms with E-state index in [2.05, 4.69) is 4.90 Å². The largest absolute Gasteiger partial charge is 0.494 e. The first-order chi connectivity index (χ1) is 11.9. The molecule has 0 amide bonds. The van der Waals surface area contributed by atoms with Crippen molar-refractivity contribution in [2.75, 3.05) is 11.4 Å². The molecule has 2 aromatic rings. The average Bonchev–Trinajstić information content (AvgIpc) is 2.87. The Kier molecular flexibility index (Phi) is 4.48. The molecule has 0 aliphatic carbocycles. The number of rotatable bonds is 5. The first-order valence-corrected chi connectivity index (χ1v) is 8.24. The number of aryl methyl sites for hydroxylation is 1. The van der Waals surface area contributed by atoms with Gasteiger partial charge in [-0.1, -0.05) is 6.07 Å². The third-order valence-electron chi connectivity index (χ3n) is 4.55. The molecule has 1 aliphatic heterocycles. The molecule has 0 bridgehead atoms. The van der Waals surface area contributed by atoms with E-state index in [0.717, 1.165) is 11.3 Å². The number of aromatic nitrogens is 1. The topological polar surface area (TPSA) is 95.2 Å². The Balaban J connectivity index is 2.02. The first kappa shape index (κ1) is 17.0. The number of carboxylic acid groups (broad SMARTS) is 1. The second-order valence-corrected chi connectivity index (χ2v) is 6.24. The summed E-state index contributed by atoms with van der Waals surface area (Å²) < 4.78 is 7.33. The van der Waals surface area contributed by atoms with E-state index in [0.29, 0.717) is 12.3 Å². The van der Waals surface area contributed by atoms with Crippen molar-refractivity contribution in [3.8, 4) is 17.5 Å². The van der Waals surface area contributed by atoms with Crippen molar-refractivity contribution >= 4 is 11.7 Å². The van der Waals surface area contributed by atoms with Crippen molar-refractivity contribution in [3.63, 3.8) is 0 Å². The lowest BCUT2D eigenvalue weighted by molar-refractivity contribution is -0.139. The number of carbonyl (C=O) groups is 1. The molecule has 3 N–H and O–H groups in total. The van der Waals surface area contributed by atoms with E-state index in [4.69, 9.17) is 4.74 Å². The van der Waals surface area contributed by atoms with Gasteiger partial charge in [-0.25, -0.2) is 0 Å². The normalized spacial score (nSPS) is 19.4. The average molecular weight is 346 g/mol. The Morgan fingerprint density at radius 3 is 2.48 bits per heavy atom. The number of aromatic hydroxyl groups is 2. The monoisotopic (exact) mass is 346 g/mol. The van der Waals surface area contributed by atoms with E-state index >= 15 is 0 Å². The predicted molar refractivity (Wildman–Crippen MR) is 92.4 cm³/mol. The number of likely N-dealkylation sites (N-methyl/N-ethyl adjacent to an activating group) is 1. The second-order valence-electron chi connectivity index (χ2n) is 6.24. The molecule has 7 nitrogen and oxygen atoms in total. The summed E-state index contributed by atoms with van der Waals surface area (Å²) in [5, 5.41) is 29.2. The van der Waals surface area contributed by atoms with Gasteiger partial charge in [-0.3, -0.25) is 9.36 Å². The Morgan fingerprint density at radius 1 is 1.20 bits per heavy atom. The van der Waals surface area contributed by atoms with Crippen molar-refractivity contribution in [2.45, 2.75) is 39.0 Å². The van der Waals surface area contributed by atoms with Gasteiger partial charge in [0.1, 0.15) is 11.9 Å². The fourth-order valence-corrected chi connectivity index (χ4v) is 3.36. The summed E-state index contributed by atoms with van der Waals surface area (Å²) in [6.07, 6.45) is -0.772. The van der Waals surface area contributed by atoms with Crippen LogP contribution >= 0.6 is 0 Å². The zero-order valence-electron chi connectivity index (χ0n) is 14.2. The van der Waals surface area contributed by atoms with Crippen LogP contribution in [0.15, 0.2) is 30.3 Å². The van der Waals surface area contributed by atoms with Crippen LogP contribution in [0.25, 0.3) is 0 Å². The first-order valence-electron chi connectivity index (χ1n) is 8.24. The summed E-state index contributed by atoms with van der Waals surface area (Å²) in [5.74, 6) is -0.450. The van der Waals surface area contributed by atoms with Gasteiger partial charge in [0.2, 0.25) is 0 Å². The highest BCUT2D eigenvalue weighted by molar-refractivity contribution is 5.69. The predicted octanol–water partition coefficient (Wildman–Crippen LogP) is 2.34. The molecule has 25 heavy (non-hydrogen) atoms. The van der Waals surface area contributed by atoms with Crippen LogP contribution in [-0.2, 0) is 11.3 Å². The van der Waals surface area contributed by atoms with Gasteiger partial charge >= 0.3 is 5.97 Å². The summed E-state index contributed by atoms with van der Waals surface area (Å²) in [6.45, 7) is 4.82. The van der Waals surface area contributed by atoms with Crippen LogP contribution in [0.2, 0.25) is 0 Å². The Morgan fingerprint density at radius 2 is 1.88 bits per heavy atom. The van der Waals surface area contributed by atoms with Crippen molar-refractivity contribution in [3.05, 3.63) is 35.9 Å². The van der Waals surface area contributed by atoms with Crippen molar-refractivity contribution in [1.82, 2.24) is 4.57 Å². The molecule has 134 valence electrons. The van der Waals surface area contributed by atoms with Crippen molar-refractivity contribution in [2.24, 2.45) is 0 Å². The lowest BCUT2D eigenvalue weighted by atomic mass is 10.0. The zero-order chi connectivity index (χ0) is 18.1. The van der Waals surface area contributed by atoms with Gasteiger partial charge < -0.3 is 25.0 Å². The fourth-order valence-electron chi connectivity index (χ4n) is 3.36. The van der Waals surface area contributed by atoms with Crippen LogP contribution < -0.4 is 9.64 Å². The molecule has 2 atom stereocenters. The molecule has 1 aromatic carbocycles. The van der Waals surface area contributed by atoms with Crippen LogP contribution in [-0.4, -0.2) is 44.5 Å². The maximum atomic E-state index is 11.3. The van der Waals surface area contributed by atoms with Gasteiger partial charge in [-0.15, -0.1) is 0 Å². The lowest BCUT2D eigenvalue weighted by Gasteiger charge is -2.43. The van der Waals surface area contributed by atoms with E-state index in [9.17, 15) is 20.1 Å². The molecule has 0 saturated carbocycles. The molecule has 3 rings (SSSR count). The van der Waals surface area contributed by atoms with Gasteiger partial charge in [0, 0.05) is 18.7 Å². The van der Waals surface area contributed by atoms with Crippen LogP contribution in [0, 0.1) is 6.92 Å². The number of aliphatic carboxylic acids is 1. The summed E-state index contributed by atoms with van der Waals surface area (Å²) in [6, 6.07) is 8.23. The Labute approximate surface area is 145 Å². The Bertz CT molecular complexity index is 766. The van der Waals surface area contributed by atoms with Crippen LogP contribution in [0.5, 0.6) is 17.5 Å². The van der Waals surface area contributed by atoms with Gasteiger partial charge in [0.15, 0.2) is 11.8 Å². The molecule has 7 heteroatoms. The van der Waals surface area contributed by atoms with E-state index in [1.54, 1.807) is 0 Å². The van der Waals surface area contributed by atoms with Crippen molar-refractivity contribution in [1.29, 1.82) is 0 Å². The molecular weight excluding hydrogens is 324 g/mol. The van der Waals surface area contributed by atoms with Crippen LogP contribution in [0.4, 0.5) is 5.69 Å². The molecule has 1 aromatic heterocycles. The minimum atomic E-state index is -0.956. The molecule has 0 fully saturated rings. The Hall–Kier alpha value is -2.83. The number of hydrogen-bond acceptors (Lipinski definition) is 5. The number of fused-ring (bicyclic) bond motifs is 1.